The summed E-state index contributed by atoms with van der Waals surface area (Å²) in [7, 11) is 0. The Balaban J connectivity index is 2.14. The number of aryl methyl sites for hydroxylation is 4. The molecule has 0 aliphatic carbocycles. The van der Waals surface area contributed by atoms with Gasteiger partial charge in [0, 0.05) is 11.4 Å². The summed E-state index contributed by atoms with van der Waals surface area (Å²) in [6.07, 6.45) is 0. The molecule has 21 heavy (non-hydrogen) atoms. The van der Waals surface area contributed by atoms with Crippen molar-refractivity contribution in [1.82, 2.24) is 10.1 Å². The van der Waals surface area contributed by atoms with E-state index in [1.807, 2.05) is 13.0 Å². The number of rotatable bonds is 2. The summed E-state index contributed by atoms with van der Waals surface area (Å²) in [5.74, 6) is 1.03. The fourth-order valence-electron chi connectivity index (χ4n) is 2.67. The second kappa shape index (κ2) is 4.77. The second-order valence-corrected chi connectivity index (χ2v) is 5.46. The van der Waals surface area contributed by atoms with E-state index in [1.165, 1.54) is 5.56 Å². The van der Waals surface area contributed by atoms with Crippen LogP contribution < -0.4 is 11.1 Å². The van der Waals surface area contributed by atoms with Crippen LogP contribution in [0.15, 0.2) is 22.7 Å². The van der Waals surface area contributed by atoms with Crippen molar-refractivity contribution < 1.29 is 4.52 Å². The number of nitrogens with zero attached hydrogens (tertiary/aromatic N) is 2. The average molecular weight is 282 g/mol. The Morgan fingerprint density at radius 2 is 1.71 bits per heavy atom. The molecule has 0 radical (unpaired) electrons. The van der Waals surface area contributed by atoms with Gasteiger partial charge in [0.25, 0.3) is 0 Å². The number of hydrogen-bond acceptors (Lipinski definition) is 5. The molecule has 0 saturated heterocycles. The summed E-state index contributed by atoms with van der Waals surface area (Å²) >= 11 is 0. The van der Waals surface area contributed by atoms with Crippen LogP contribution in [-0.2, 0) is 0 Å². The Kier molecular flexibility index (Phi) is 3.05. The van der Waals surface area contributed by atoms with Gasteiger partial charge in [-0.3, -0.25) is 0 Å². The summed E-state index contributed by atoms with van der Waals surface area (Å²) in [5.41, 5.74) is 11.9. The van der Waals surface area contributed by atoms with E-state index in [2.05, 4.69) is 48.4 Å². The van der Waals surface area contributed by atoms with Gasteiger partial charge in [-0.2, -0.15) is 0 Å². The third kappa shape index (κ3) is 2.31. The minimum absolute atomic E-state index is 0.385. The highest BCUT2D eigenvalue weighted by Gasteiger charge is 2.14. The molecular weight excluding hydrogens is 264 g/mol. The molecule has 0 bridgehead atoms. The van der Waals surface area contributed by atoms with Crippen molar-refractivity contribution in [3.8, 4) is 0 Å². The van der Waals surface area contributed by atoms with Crippen LogP contribution in [0.2, 0.25) is 0 Å². The lowest BCUT2D eigenvalue weighted by Crippen LogP contribution is -2.00. The predicted molar refractivity (Wildman–Crippen MR) is 84.9 cm³/mol. The number of aromatic nitrogens is 2. The first-order chi connectivity index (χ1) is 9.95. The average Bonchev–Trinajstić information content (AvgIpc) is 2.75. The van der Waals surface area contributed by atoms with E-state index >= 15 is 0 Å². The Morgan fingerprint density at radius 1 is 1.05 bits per heavy atom. The molecule has 0 atom stereocenters. The summed E-state index contributed by atoms with van der Waals surface area (Å²) in [5, 5.41) is 7.97. The van der Waals surface area contributed by atoms with Gasteiger partial charge in [-0.15, -0.1) is 0 Å². The van der Waals surface area contributed by atoms with E-state index in [1.54, 1.807) is 0 Å². The molecule has 0 aliphatic heterocycles. The normalized spacial score (nSPS) is 11.0. The van der Waals surface area contributed by atoms with Crippen molar-refractivity contribution >= 4 is 28.3 Å². The third-order valence-corrected chi connectivity index (χ3v) is 3.53. The highest BCUT2D eigenvalue weighted by molar-refractivity contribution is 5.95. The number of pyridine rings is 1. The molecule has 0 spiro atoms. The van der Waals surface area contributed by atoms with Gasteiger partial charge in [-0.1, -0.05) is 22.9 Å². The van der Waals surface area contributed by atoms with Crippen LogP contribution in [0, 0.1) is 27.7 Å². The molecule has 0 unspecified atom stereocenters. The smallest absolute Gasteiger partial charge is 0.211 e. The standard InChI is InChI=1S/C16H18N4O/c1-8-5-9(2)13(10(3)6-8)19-16-14-12(7-11(4)18-16)15(17)20-21-14/h5-7H,1-4H3,(H2,17,20)(H,18,19). The SMILES string of the molecule is Cc1cc(C)c(Nc2nc(C)cc3c(N)noc23)c(C)c1. The van der Waals surface area contributed by atoms with Gasteiger partial charge in [-0.05, 0) is 44.9 Å². The van der Waals surface area contributed by atoms with Gasteiger partial charge in [0.1, 0.15) is 0 Å². The maximum atomic E-state index is 5.83. The van der Waals surface area contributed by atoms with Crippen molar-refractivity contribution in [2.75, 3.05) is 11.1 Å². The predicted octanol–water partition coefficient (Wildman–Crippen LogP) is 3.78. The summed E-state index contributed by atoms with van der Waals surface area (Å²) in [6.45, 7) is 8.16. The number of fused-ring (bicyclic) bond motifs is 1. The minimum Gasteiger partial charge on any atom is -0.380 e. The van der Waals surface area contributed by atoms with E-state index < -0.39 is 0 Å². The zero-order valence-corrected chi connectivity index (χ0v) is 12.6. The molecule has 2 aromatic heterocycles. The van der Waals surface area contributed by atoms with Gasteiger partial charge in [0.2, 0.25) is 5.58 Å². The van der Waals surface area contributed by atoms with Crippen LogP contribution in [0.25, 0.3) is 11.0 Å². The fourth-order valence-corrected chi connectivity index (χ4v) is 2.67. The van der Waals surface area contributed by atoms with E-state index in [-0.39, 0.29) is 0 Å². The Hall–Kier alpha value is -2.56. The maximum Gasteiger partial charge on any atom is 0.211 e. The van der Waals surface area contributed by atoms with E-state index in [4.69, 9.17) is 10.3 Å². The Labute approximate surface area is 123 Å². The number of hydrogen-bond donors (Lipinski definition) is 2. The molecule has 3 aromatic rings. The van der Waals surface area contributed by atoms with E-state index in [9.17, 15) is 0 Å². The molecule has 5 nitrogen and oxygen atoms in total. The van der Waals surface area contributed by atoms with Crippen LogP contribution in [0.3, 0.4) is 0 Å². The monoisotopic (exact) mass is 282 g/mol. The first-order valence-electron chi connectivity index (χ1n) is 6.83. The van der Waals surface area contributed by atoms with Crippen LogP contribution in [0.1, 0.15) is 22.4 Å². The third-order valence-electron chi connectivity index (χ3n) is 3.53. The summed E-state index contributed by atoms with van der Waals surface area (Å²) in [4.78, 5) is 4.51. The van der Waals surface area contributed by atoms with Gasteiger partial charge < -0.3 is 15.6 Å². The lowest BCUT2D eigenvalue weighted by molar-refractivity contribution is 0.460. The molecule has 0 aliphatic rings. The molecule has 3 N–H and O–H groups in total. The number of nitrogen functional groups attached to an aromatic ring is 1. The largest absolute Gasteiger partial charge is 0.380 e. The molecule has 0 amide bonds. The zero-order valence-electron chi connectivity index (χ0n) is 12.6. The van der Waals surface area contributed by atoms with Crippen molar-refractivity contribution in [3.63, 3.8) is 0 Å². The minimum atomic E-state index is 0.385. The molecule has 1 aromatic carbocycles. The lowest BCUT2D eigenvalue weighted by Gasteiger charge is -2.13. The number of nitrogens with two attached hydrogens (primary N) is 1. The van der Waals surface area contributed by atoms with Crippen molar-refractivity contribution in [2.24, 2.45) is 0 Å². The number of nitrogens with one attached hydrogen (secondary N) is 1. The number of anilines is 3. The first-order valence-corrected chi connectivity index (χ1v) is 6.83. The maximum absolute atomic E-state index is 5.83. The van der Waals surface area contributed by atoms with Gasteiger partial charge in [0.05, 0.1) is 5.39 Å². The lowest BCUT2D eigenvalue weighted by atomic mass is 10.1. The molecule has 108 valence electrons. The van der Waals surface area contributed by atoms with Gasteiger partial charge in [-0.25, -0.2) is 4.98 Å². The van der Waals surface area contributed by atoms with E-state index in [0.717, 1.165) is 27.9 Å². The van der Waals surface area contributed by atoms with Crippen LogP contribution in [0.5, 0.6) is 0 Å². The van der Waals surface area contributed by atoms with Crippen LogP contribution in [-0.4, -0.2) is 10.1 Å². The number of benzene rings is 1. The molecule has 3 rings (SSSR count). The molecule has 0 fully saturated rings. The van der Waals surface area contributed by atoms with Crippen molar-refractivity contribution in [1.29, 1.82) is 0 Å². The topological polar surface area (TPSA) is 77.0 Å². The van der Waals surface area contributed by atoms with E-state index in [0.29, 0.717) is 17.2 Å². The highest BCUT2D eigenvalue weighted by atomic mass is 16.5. The van der Waals surface area contributed by atoms with Gasteiger partial charge in [0.15, 0.2) is 11.6 Å². The zero-order chi connectivity index (χ0) is 15.1. The van der Waals surface area contributed by atoms with Crippen LogP contribution in [0.4, 0.5) is 17.3 Å². The second-order valence-electron chi connectivity index (χ2n) is 5.46. The summed E-state index contributed by atoms with van der Waals surface area (Å²) in [6, 6.07) is 6.15. The van der Waals surface area contributed by atoms with Crippen molar-refractivity contribution in [2.45, 2.75) is 27.7 Å². The quantitative estimate of drug-likeness (QED) is 0.748. The Bertz CT molecular complexity index is 813. The molecule has 2 heterocycles. The van der Waals surface area contributed by atoms with Crippen molar-refractivity contribution in [3.05, 3.63) is 40.6 Å². The summed E-state index contributed by atoms with van der Waals surface area (Å²) < 4.78 is 5.31. The first kappa shape index (κ1) is 13.4. The Morgan fingerprint density at radius 3 is 2.38 bits per heavy atom. The fraction of sp³-hybridized carbons (Fsp3) is 0.250. The molecule has 5 heteroatoms. The van der Waals surface area contributed by atoms with Crippen LogP contribution >= 0.6 is 0 Å². The molecular formula is C16H18N4O. The van der Waals surface area contributed by atoms with Gasteiger partial charge >= 0.3 is 0 Å². The molecule has 0 saturated carbocycles. The highest BCUT2D eigenvalue weighted by Crippen LogP contribution is 2.31.